The average Bonchev–Trinajstić information content (AvgIpc) is 2.62. The summed E-state index contributed by atoms with van der Waals surface area (Å²) >= 11 is 3.40. The molecule has 0 radical (unpaired) electrons. The number of pyridine rings is 1. The van der Waals surface area contributed by atoms with Gasteiger partial charge in [-0.2, -0.15) is 10.5 Å². The summed E-state index contributed by atoms with van der Waals surface area (Å²) in [5.74, 6) is 0. The fraction of sp³-hybridized carbons (Fsp3) is 0. The molecule has 2 aromatic carbocycles. The topological polar surface area (TPSA) is 86.5 Å². The number of hydrogen-bond donors (Lipinski definition) is 1. The molecule has 3 rings (SSSR count). The number of aromatic nitrogens is 1. The number of halogens is 1. The first-order valence-electron chi connectivity index (χ1n) is 7.08. The molecule has 0 aliphatic rings. The van der Waals surface area contributed by atoms with Crippen LogP contribution in [0.5, 0.6) is 0 Å². The van der Waals surface area contributed by atoms with E-state index in [0.29, 0.717) is 22.3 Å². The number of anilines is 1. The fourth-order valence-electron chi connectivity index (χ4n) is 2.56. The van der Waals surface area contributed by atoms with Gasteiger partial charge < -0.3 is 5.73 Å². The van der Waals surface area contributed by atoms with E-state index in [4.69, 9.17) is 5.73 Å². The Labute approximate surface area is 147 Å². The van der Waals surface area contributed by atoms with Crippen molar-refractivity contribution >= 4 is 21.6 Å². The maximum Gasteiger partial charge on any atom is 0.102 e. The minimum Gasteiger partial charge on any atom is -0.397 e. The summed E-state index contributed by atoms with van der Waals surface area (Å²) in [6, 6.07) is 17.3. The summed E-state index contributed by atoms with van der Waals surface area (Å²) < 4.78 is 0.945. The van der Waals surface area contributed by atoms with Crippen molar-refractivity contribution in [1.29, 1.82) is 10.5 Å². The second kappa shape index (κ2) is 6.54. The average molecular weight is 375 g/mol. The van der Waals surface area contributed by atoms with Crippen molar-refractivity contribution in [3.8, 4) is 34.4 Å². The standard InChI is InChI=1S/C19H11BrN4/c20-14-3-1-12(2-4-14)15-9-16(13-5-7-24-8-6-13)18(11-22)19(23)17(15)10-21/h1-9H,23H2. The molecule has 0 fully saturated rings. The van der Waals surface area contributed by atoms with E-state index in [9.17, 15) is 10.5 Å². The molecule has 0 aliphatic carbocycles. The molecule has 1 aromatic heterocycles. The molecule has 0 atom stereocenters. The van der Waals surface area contributed by atoms with Crippen molar-refractivity contribution in [2.75, 3.05) is 5.73 Å². The monoisotopic (exact) mass is 374 g/mol. The van der Waals surface area contributed by atoms with Gasteiger partial charge in [0, 0.05) is 28.0 Å². The lowest BCUT2D eigenvalue weighted by Gasteiger charge is -2.13. The van der Waals surface area contributed by atoms with E-state index in [1.165, 1.54) is 0 Å². The lowest BCUT2D eigenvalue weighted by Crippen LogP contribution is -2.00. The number of nitrogen functional groups attached to an aromatic ring is 1. The van der Waals surface area contributed by atoms with Crippen LogP contribution in [0.4, 0.5) is 5.69 Å². The van der Waals surface area contributed by atoms with Crippen molar-refractivity contribution < 1.29 is 0 Å². The van der Waals surface area contributed by atoms with Crippen LogP contribution in [0.15, 0.2) is 59.3 Å². The van der Waals surface area contributed by atoms with Gasteiger partial charge in [0.2, 0.25) is 0 Å². The number of rotatable bonds is 2. The van der Waals surface area contributed by atoms with Crippen molar-refractivity contribution in [3.05, 3.63) is 70.5 Å². The van der Waals surface area contributed by atoms with Crippen molar-refractivity contribution in [3.63, 3.8) is 0 Å². The zero-order valence-electron chi connectivity index (χ0n) is 12.5. The molecule has 1 heterocycles. The zero-order valence-corrected chi connectivity index (χ0v) is 14.1. The molecule has 0 saturated carbocycles. The first-order valence-corrected chi connectivity index (χ1v) is 7.88. The van der Waals surface area contributed by atoms with E-state index in [2.05, 4.69) is 33.1 Å². The van der Waals surface area contributed by atoms with Gasteiger partial charge in [-0.05, 0) is 41.5 Å². The predicted octanol–water partition coefficient (Wildman–Crippen LogP) is 4.50. The van der Waals surface area contributed by atoms with Gasteiger partial charge in [-0.3, -0.25) is 4.98 Å². The van der Waals surface area contributed by atoms with Crippen LogP contribution in [-0.4, -0.2) is 4.98 Å². The normalized spacial score (nSPS) is 9.96. The Morgan fingerprint density at radius 2 is 1.33 bits per heavy atom. The molecule has 0 spiro atoms. The van der Waals surface area contributed by atoms with Crippen molar-refractivity contribution in [2.24, 2.45) is 0 Å². The van der Waals surface area contributed by atoms with E-state index in [1.54, 1.807) is 12.4 Å². The highest BCUT2D eigenvalue weighted by molar-refractivity contribution is 9.10. The van der Waals surface area contributed by atoms with E-state index in [1.807, 2.05) is 42.5 Å². The Bertz CT molecular complexity index is 981. The van der Waals surface area contributed by atoms with Gasteiger partial charge in [-0.1, -0.05) is 28.1 Å². The highest BCUT2D eigenvalue weighted by atomic mass is 79.9. The first-order chi connectivity index (χ1) is 11.7. The number of hydrogen-bond acceptors (Lipinski definition) is 4. The van der Waals surface area contributed by atoms with Crippen LogP contribution in [0.25, 0.3) is 22.3 Å². The Kier molecular flexibility index (Phi) is 4.29. The molecular weight excluding hydrogens is 364 g/mol. The Balaban J connectivity index is 2.34. The summed E-state index contributed by atoms with van der Waals surface area (Å²) in [5, 5.41) is 19.1. The molecule has 3 aromatic rings. The molecule has 0 amide bonds. The molecule has 2 N–H and O–H groups in total. The lowest BCUT2D eigenvalue weighted by molar-refractivity contribution is 1.33. The Morgan fingerprint density at radius 1 is 0.833 bits per heavy atom. The van der Waals surface area contributed by atoms with E-state index in [-0.39, 0.29) is 5.69 Å². The maximum atomic E-state index is 9.54. The third-order valence-corrected chi connectivity index (χ3v) is 4.26. The lowest BCUT2D eigenvalue weighted by atomic mass is 9.90. The van der Waals surface area contributed by atoms with Gasteiger partial charge in [-0.15, -0.1) is 0 Å². The van der Waals surface area contributed by atoms with Gasteiger partial charge in [0.1, 0.15) is 12.1 Å². The van der Waals surface area contributed by atoms with Crippen molar-refractivity contribution in [2.45, 2.75) is 0 Å². The van der Waals surface area contributed by atoms with Crippen LogP contribution in [-0.2, 0) is 0 Å². The summed E-state index contributed by atoms with van der Waals surface area (Å²) in [4.78, 5) is 4.00. The van der Waals surface area contributed by atoms with E-state index >= 15 is 0 Å². The van der Waals surface area contributed by atoms with Crippen LogP contribution in [0.2, 0.25) is 0 Å². The van der Waals surface area contributed by atoms with Gasteiger partial charge in [0.25, 0.3) is 0 Å². The summed E-state index contributed by atoms with van der Waals surface area (Å²) in [6.45, 7) is 0. The molecule has 0 saturated heterocycles. The van der Waals surface area contributed by atoms with Crippen LogP contribution in [0, 0.1) is 22.7 Å². The number of nitrogens with zero attached hydrogens (tertiary/aromatic N) is 3. The summed E-state index contributed by atoms with van der Waals surface area (Å²) in [6.07, 6.45) is 3.31. The van der Waals surface area contributed by atoms with Crippen molar-refractivity contribution in [1.82, 2.24) is 4.98 Å². The maximum absolute atomic E-state index is 9.54. The van der Waals surface area contributed by atoms with Gasteiger partial charge in [-0.25, -0.2) is 0 Å². The number of nitriles is 2. The second-order valence-electron chi connectivity index (χ2n) is 5.10. The third-order valence-electron chi connectivity index (χ3n) is 3.74. The van der Waals surface area contributed by atoms with Gasteiger partial charge >= 0.3 is 0 Å². The Morgan fingerprint density at radius 3 is 1.83 bits per heavy atom. The molecule has 4 nitrogen and oxygen atoms in total. The molecule has 0 bridgehead atoms. The third kappa shape index (κ3) is 2.74. The van der Waals surface area contributed by atoms with Crippen LogP contribution >= 0.6 is 15.9 Å². The van der Waals surface area contributed by atoms with Crippen LogP contribution in [0.1, 0.15) is 11.1 Å². The largest absolute Gasteiger partial charge is 0.397 e. The molecule has 0 aliphatic heterocycles. The zero-order chi connectivity index (χ0) is 17.1. The fourth-order valence-corrected chi connectivity index (χ4v) is 2.83. The minimum atomic E-state index is 0.201. The van der Waals surface area contributed by atoms with Gasteiger partial charge in [0.15, 0.2) is 0 Å². The first kappa shape index (κ1) is 15.7. The molecule has 0 unspecified atom stereocenters. The highest BCUT2D eigenvalue weighted by Crippen LogP contribution is 2.37. The van der Waals surface area contributed by atoms with E-state index in [0.717, 1.165) is 15.6 Å². The number of nitrogens with two attached hydrogens (primary N) is 1. The minimum absolute atomic E-state index is 0.201. The molecular formula is C19H11BrN4. The van der Waals surface area contributed by atoms with Crippen LogP contribution < -0.4 is 5.73 Å². The predicted molar refractivity (Wildman–Crippen MR) is 96.7 cm³/mol. The SMILES string of the molecule is N#Cc1c(-c2ccncc2)cc(-c2ccc(Br)cc2)c(C#N)c1N. The Hall–Kier alpha value is -3.15. The summed E-state index contributed by atoms with van der Waals surface area (Å²) in [7, 11) is 0. The van der Waals surface area contributed by atoms with Crippen LogP contribution in [0.3, 0.4) is 0 Å². The highest BCUT2D eigenvalue weighted by Gasteiger charge is 2.18. The van der Waals surface area contributed by atoms with E-state index < -0.39 is 0 Å². The second-order valence-corrected chi connectivity index (χ2v) is 6.02. The quantitative estimate of drug-likeness (QED) is 0.668. The van der Waals surface area contributed by atoms with Gasteiger partial charge in [0.05, 0.1) is 16.8 Å². The molecule has 5 heteroatoms. The summed E-state index contributed by atoms with van der Waals surface area (Å²) in [5.41, 5.74) is 10.0. The smallest absolute Gasteiger partial charge is 0.102 e. The molecule has 24 heavy (non-hydrogen) atoms. The molecule has 114 valence electrons. The number of benzene rings is 2.